The van der Waals surface area contributed by atoms with Crippen LogP contribution in [-0.4, -0.2) is 85.0 Å². The van der Waals surface area contributed by atoms with Crippen LogP contribution in [0.5, 0.6) is 0 Å². The molecule has 340 valence electrons. The first-order valence-corrected chi connectivity index (χ1v) is 24.3. The Labute approximate surface area is 380 Å². The molecule has 2 unspecified atom stereocenters. The lowest BCUT2D eigenvalue weighted by Gasteiger charge is -2.65. The summed E-state index contributed by atoms with van der Waals surface area (Å²) in [6.45, 7) is 6.02. The highest BCUT2D eigenvalue weighted by molar-refractivity contribution is 5.72. The minimum atomic E-state index is -4.38. The van der Waals surface area contributed by atoms with Crippen LogP contribution in [0.25, 0.3) is 0 Å². The zero-order valence-electron chi connectivity index (χ0n) is 36.5. The fraction of sp³-hybridized carbons (Fsp3) is 0.481. The van der Waals surface area contributed by atoms with Crippen molar-refractivity contribution >= 4 is 11.4 Å². The number of para-hydroxylation sites is 2. The monoisotopic (exact) mass is 902 g/mol. The molecule has 2 saturated carbocycles. The lowest BCUT2D eigenvalue weighted by atomic mass is 9.52. The maximum atomic E-state index is 13.8. The van der Waals surface area contributed by atoms with Crippen LogP contribution >= 0.6 is 0 Å². The predicted octanol–water partition coefficient (Wildman–Crippen LogP) is 9.73. The molecule has 4 aromatic rings. The Kier molecular flexibility index (Phi) is 7.59. The molecule has 12 heteroatoms. The van der Waals surface area contributed by atoms with E-state index in [-0.39, 0.29) is 71.1 Å². The van der Waals surface area contributed by atoms with Gasteiger partial charge in [-0.15, -0.1) is 0 Å². The zero-order chi connectivity index (χ0) is 44.3. The molecular weight excluding hydrogens is 851 g/mol. The lowest BCUT2D eigenvalue weighted by molar-refractivity contribution is -0.955. The average Bonchev–Trinajstić information content (AvgIpc) is 3.92. The van der Waals surface area contributed by atoms with E-state index in [2.05, 4.69) is 70.5 Å². The van der Waals surface area contributed by atoms with Crippen molar-refractivity contribution in [3.8, 4) is 0 Å². The van der Waals surface area contributed by atoms with Crippen molar-refractivity contribution in [2.24, 2.45) is 23.7 Å². The van der Waals surface area contributed by atoms with E-state index in [0.717, 1.165) is 72.0 Å². The molecule has 0 N–H and O–H groups in total. The van der Waals surface area contributed by atoms with Crippen LogP contribution in [0.4, 0.5) is 37.7 Å². The zero-order valence-corrected chi connectivity index (χ0v) is 36.5. The molecule has 11 aliphatic rings. The summed E-state index contributed by atoms with van der Waals surface area (Å²) >= 11 is 0. The Bertz CT molecular complexity index is 2600. The van der Waals surface area contributed by atoms with Gasteiger partial charge in [0.25, 0.3) is 0 Å². The molecule has 4 bridgehead atoms. The van der Waals surface area contributed by atoms with E-state index in [1.807, 2.05) is 0 Å². The second-order valence-corrected chi connectivity index (χ2v) is 22.1. The number of benzene rings is 4. The van der Waals surface area contributed by atoms with Crippen molar-refractivity contribution in [3.63, 3.8) is 0 Å². The molecular formula is C54H52F6N4O2+2. The third-order valence-corrected chi connectivity index (χ3v) is 20.0. The minimum absolute atomic E-state index is 0.0775. The molecule has 0 radical (unpaired) electrons. The molecule has 9 heterocycles. The first-order valence-electron chi connectivity index (χ1n) is 24.3. The topological polar surface area (TPSA) is 24.9 Å². The molecule has 9 aliphatic heterocycles. The van der Waals surface area contributed by atoms with Crippen molar-refractivity contribution in [2.75, 3.05) is 49.2 Å². The van der Waals surface area contributed by atoms with Crippen LogP contribution in [0.3, 0.4) is 0 Å². The summed E-state index contributed by atoms with van der Waals surface area (Å²) in [6, 6.07) is 30.9. The van der Waals surface area contributed by atoms with Crippen LogP contribution in [0.15, 0.2) is 120 Å². The third kappa shape index (κ3) is 4.71. The number of ether oxygens (including phenoxy) is 2. The summed E-state index contributed by atoms with van der Waals surface area (Å²) in [5, 5.41) is 0. The number of fused-ring (bicyclic) bond motifs is 6. The van der Waals surface area contributed by atoms with Gasteiger partial charge < -0.3 is 28.2 Å². The van der Waals surface area contributed by atoms with E-state index in [0.29, 0.717) is 26.3 Å². The van der Waals surface area contributed by atoms with E-state index in [9.17, 15) is 26.3 Å². The van der Waals surface area contributed by atoms with Gasteiger partial charge in [-0.3, -0.25) is 0 Å². The molecule has 2 spiro atoms. The van der Waals surface area contributed by atoms with E-state index in [1.54, 1.807) is 24.3 Å². The number of hydrogen-bond acceptors (Lipinski definition) is 4. The predicted molar refractivity (Wildman–Crippen MR) is 235 cm³/mol. The summed E-state index contributed by atoms with van der Waals surface area (Å²) in [5.74, 6) is 0.754. The molecule has 7 fully saturated rings. The Hall–Kier alpha value is -4.62. The van der Waals surface area contributed by atoms with E-state index < -0.39 is 23.5 Å². The summed E-state index contributed by atoms with van der Waals surface area (Å²) in [5.41, 5.74) is 8.51. The van der Waals surface area contributed by atoms with Crippen molar-refractivity contribution in [2.45, 2.75) is 98.6 Å². The highest BCUT2D eigenvalue weighted by Gasteiger charge is 2.81. The Morgan fingerprint density at radius 1 is 0.545 bits per heavy atom. The van der Waals surface area contributed by atoms with Gasteiger partial charge in [0, 0.05) is 71.9 Å². The standard InChI is InChI=1S/C54H52F6N4O2/c55-53(56,57)35-13-9-31(10-14-35)27-63-21-19-51-39-5-1-3-7-41(39)61-47(51)45-37(25-43(51)63)33(29-63)18-24-66-50(45)62-42-8-4-2-6-40(42)52-20-22-64(28-32-11-15-36(16-12-32)54(58,59)60)30-34-17-23-65-49(61)46(48(52)62)38(34)26-44(52)64/h1-18,37-38,43-50H,19-30H2/q+2/t37-,38-,43-,44-,45+,46+,47-,48-,49+,50+,51+,52+,63?,64?/m0/s1. The smallest absolute Gasteiger partial charge is 0.354 e. The van der Waals surface area contributed by atoms with Gasteiger partial charge in [-0.25, -0.2) is 0 Å². The van der Waals surface area contributed by atoms with Crippen LogP contribution < -0.4 is 9.80 Å². The summed E-state index contributed by atoms with van der Waals surface area (Å²) in [4.78, 5) is 5.62. The third-order valence-electron chi connectivity index (χ3n) is 20.0. The molecule has 4 aromatic carbocycles. The van der Waals surface area contributed by atoms with Gasteiger partial charge in [-0.1, -0.05) is 72.8 Å². The molecule has 0 amide bonds. The van der Waals surface area contributed by atoms with Gasteiger partial charge in [0.1, 0.15) is 50.7 Å². The minimum Gasteiger partial charge on any atom is -0.354 e. The number of piperidine rings is 2. The fourth-order valence-electron chi connectivity index (χ4n) is 18.2. The molecule has 5 saturated heterocycles. The fourth-order valence-corrected chi connectivity index (χ4v) is 18.2. The molecule has 6 nitrogen and oxygen atoms in total. The molecule has 2 aliphatic carbocycles. The number of quaternary nitrogens is 2. The number of rotatable bonds is 4. The number of halogens is 6. The largest absolute Gasteiger partial charge is 0.416 e. The Morgan fingerprint density at radius 3 is 1.36 bits per heavy atom. The first-order chi connectivity index (χ1) is 31.8. The second-order valence-electron chi connectivity index (χ2n) is 22.1. The van der Waals surface area contributed by atoms with Gasteiger partial charge in [0.2, 0.25) is 0 Å². The summed E-state index contributed by atoms with van der Waals surface area (Å²) in [7, 11) is 0. The van der Waals surface area contributed by atoms with Gasteiger partial charge in [0.05, 0.1) is 60.3 Å². The van der Waals surface area contributed by atoms with E-state index >= 15 is 0 Å². The summed E-state index contributed by atoms with van der Waals surface area (Å²) in [6.07, 6.45) is -0.433. The Balaban J connectivity index is 0.912. The van der Waals surface area contributed by atoms with Gasteiger partial charge in [0.15, 0.2) is 0 Å². The van der Waals surface area contributed by atoms with E-state index in [1.165, 1.54) is 57.9 Å². The Morgan fingerprint density at radius 2 is 0.955 bits per heavy atom. The molecule has 0 aromatic heterocycles. The van der Waals surface area contributed by atoms with E-state index in [4.69, 9.17) is 9.47 Å². The quantitative estimate of drug-likeness (QED) is 0.116. The number of anilines is 2. The molecule has 15 rings (SSSR count). The number of alkyl halides is 6. The average molecular weight is 903 g/mol. The maximum Gasteiger partial charge on any atom is 0.416 e. The lowest BCUT2D eigenvalue weighted by Crippen LogP contribution is -2.78. The molecule has 66 heavy (non-hydrogen) atoms. The summed E-state index contributed by atoms with van der Waals surface area (Å²) < 4.78 is 99.6. The van der Waals surface area contributed by atoms with Crippen molar-refractivity contribution in [1.29, 1.82) is 0 Å². The first kappa shape index (κ1) is 39.4. The highest BCUT2D eigenvalue weighted by atomic mass is 19.4. The van der Waals surface area contributed by atoms with Gasteiger partial charge in [-0.2, -0.15) is 26.3 Å². The van der Waals surface area contributed by atoms with Gasteiger partial charge in [-0.05, 0) is 58.7 Å². The van der Waals surface area contributed by atoms with Crippen LogP contribution in [0.1, 0.15) is 59.1 Å². The van der Waals surface area contributed by atoms with Crippen LogP contribution in [-0.2, 0) is 45.7 Å². The van der Waals surface area contributed by atoms with Crippen LogP contribution in [0, 0.1) is 23.7 Å². The number of nitrogens with zero attached hydrogens (tertiary/aromatic N) is 4. The van der Waals surface area contributed by atoms with Crippen LogP contribution in [0.2, 0.25) is 0 Å². The normalized spacial score (nSPS) is 41.2. The van der Waals surface area contributed by atoms with Crippen molar-refractivity contribution in [3.05, 3.63) is 154 Å². The van der Waals surface area contributed by atoms with Crippen molar-refractivity contribution < 1.29 is 44.8 Å². The highest BCUT2D eigenvalue weighted by Crippen LogP contribution is 2.73. The maximum absolute atomic E-state index is 13.8. The second kappa shape index (κ2) is 12.7. The van der Waals surface area contributed by atoms with Crippen molar-refractivity contribution in [1.82, 2.24) is 0 Å². The number of hydrogen-bond donors (Lipinski definition) is 0. The molecule has 14 atom stereocenters. The van der Waals surface area contributed by atoms with Gasteiger partial charge >= 0.3 is 12.4 Å². The SMILES string of the molecule is FC(F)(F)c1ccc(C[N+]23CC[C@@]45c6ccccc6N6[C@@H]7OCC=C8C[N+]9(Cc%10ccc(C(F)(F)F)cc%10)CC[C@]%10%11c%12ccccc%12N([C@@H]%12OCC=C(C2)[C@H](C[C@@H]43)[C@@H]%12[C@H]65)[C@H]%10[C@H]7[C@H]8C[C@@H]%119)cc1.